The Balaban J connectivity index is 1.94. The molecule has 2 aliphatic rings. The summed E-state index contributed by atoms with van der Waals surface area (Å²) in [6, 6.07) is 0.395. The molecule has 2 unspecified atom stereocenters. The van der Waals surface area contributed by atoms with E-state index in [2.05, 4.69) is 12.2 Å². The number of ether oxygens (including phenoxy) is 1. The maximum Gasteiger partial charge on any atom is 0.228 e. The fraction of sp³-hybridized carbons (Fsp3) is 0.917. The van der Waals surface area contributed by atoms with Gasteiger partial charge in [0, 0.05) is 25.7 Å². The topological polar surface area (TPSA) is 41.6 Å². The minimum atomic E-state index is 0.113. The molecule has 92 valence electrons. The third kappa shape index (κ3) is 2.55. The van der Waals surface area contributed by atoms with Crippen molar-refractivity contribution < 1.29 is 9.53 Å². The third-order valence-corrected chi connectivity index (χ3v) is 3.61. The van der Waals surface area contributed by atoms with Gasteiger partial charge in [-0.25, -0.2) is 0 Å². The van der Waals surface area contributed by atoms with Gasteiger partial charge >= 0.3 is 0 Å². The number of hydrogen-bond donors (Lipinski definition) is 1. The van der Waals surface area contributed by atoms with Crippen molar-refractivity contribution in [1.82, 2.24) is 10.2 Å². The van der Waals surface area contributed by atoms with Crippen LogP contribution in [-0.4, -0.2) is 49.7 Å². The van der Waals surface area contributed by atoms with E-state index in [-0.39, 0.29) is 5.92 Å². The Bertz CT molecular complexity index is 233. The fourth-order valence-corrected chi connectivity index (χ4v) is 2.66. The average molecular weight is 226 g/mol. The minimum Gasteiger partial charge on any atom is -0.381 e. The number of hydrogen-bond acceptors (Lipinski definition) is 3. The van der Waals surface area contributed by atoms with E-state index in [1.165, 1.54) is 6.42 Å². The molecule has 4 heteroatoms. The molecule has 4 nitrogen and oxygen atoms in total. The molecule has 1 N–H and O–H groups in total. The number of amides is 1. The van der Waals surface area contributed by atoms with Crippen LogP contribution in [0.25, 0.3) is 0 Å². The first-order chi connectivity index (χ1) is 7.83. The van der Waals surface area contributed by atoms with Gasteiger partial charge in [0.15, 0.2) is 0 Å². The Hall–Kier alpha value is -0.610. The van der Waals surface area contributed by atoms with Crippen molar-refractivity contribution in [2.45, 2.75) is 32.2 Å². The summed E-state index contributed by atoms with van der Waals surface area (Å²) in [7, 11) is 0. The van der Waals surface area contributed by atoms with E-state index >= 15 is 0 Å². The van der Waals surface area contributed by atoms with Gasteiger partial charge in [0.1, 0.15) is 0 Å². The molecule has 2 saturated heterocycles. The van der Waals surface area contributed by atoms with Crippen LogP contribution in [0.3, 0.4) is 0 Å². The third-order valence-electron chi connectivity index (χ3n) is 3.61. The molecular formula is C12H22N2O2. The van der Waals surface area contributed by atoms with Crippen molar-refractivity contribution in [2.75, 3.05) is 32.8 Å². The lowest BCUT2D eigenvalue weighted by molar-refractivity contribution is -0.138. The summed E-state index contributed by atoms with van der Waals surface area (Å²) in [5.74, 6) is 0.413. The van der Waals surface area contributed by atoms with Crippen molar-refractivity contribution in [3.63, 3.8) is 0 Å². The normalized spacial score (nSPS) is 30.3. The molecule has 0 spiro atoms. The van der Waals surface area contributed by atoms with E-state index in [0.29, 0.717) is 18.6 Å². The van der Waals surface area contributed by atoms with Gasteiger partial charge in [-0.1, -0.05) is 0 Å². The molecule has 2 aliphatic heterocycles. The molecule has 0 aromatic heterocycles. The highest BCUT2D eigenvalue weighted by atomic mass is 16.5. The van der Waals surface area contributed by atoms with Crippen molar-refractivity contribution in [3.05, 3.63) is 0 Å². The van der Waals surface area contributed by atoms with Gasteiger partial charge < -0.3 is 15.0 Å². The summed E-state index contributed by atoms with van der Waals surface area (Å²) in [5, 5.41) is 3.37. The quantitative estimate of drug-likeness (QED) is 0.767. The van der Waals surface area contributed by atoms with E-state index in [9.17, 15) is 4.79 Å². The zero-order chi connectivity index (χ0) is 11.4. The Morgan fingerprint density at radius 2 is 2.38 bits per heavy atom. The lowest BCUT2D eigenvalue weighted by Crippen LogP contribution is -2.50. The molecule has 2 heterocycles. The highest BCUT2D eigenvalue weighted by molar-refractivity contribution is 5.79. The van der Waals surface area contributed by atoms with Crippen LogP contribution in [0.5, 0.6) is 0 Å². The number of nitrogens with zero attached hydrogens (tertiary/aromatic N) is 1. The van der Waals surface area contributed by atoms with E-state index in [4.69, 9.17) is 4.74 Å². The Morgan fingerprint density at radius 3 is 2.94 bits per heavy atom. The van der Waals surface area contributed by atoms with Crippen LogP contribution in [0.15, 0.2) is 0 Å². The molecule has 16 heavy (non-hydrogen) atoms. The molecule has 2 rings (SSSR count). The number of carbonyl (C=O) groups is 1. The molecule has 0 radical (unpaired) electrons. The second-order valence-electron chi connectivity index (χ2n) is 4.68. The van der Waals surface area contributed by atoms with E-state index in [1.807, 2.05) is 4.90 Å². The van der Waals surface area contributed by atoms with Gasteiger partial charge in [-0.05, 0) is 32.7 Å². The Kier molecular flexibility index (Phi) is 4.18. The summed E-state index contributed by atoms with van der Waals surface area (Å²) in [4.78, 5) is 14.3. The van der Waals surface area contributed by atoms with Crippen LogP contribution >= 0.6 is 0 Å². The SMILES string of the molecule is CCN(C(=O)C1CCOC1)C1CCCNC1. The molecule has 0 bridgehead atoms. The number of rotatable bonds is 3. The van der Waals surface area contributed by atoms with Gasteiger partial charge in [-0.3, -0.25) is 4.79 Å². The van der Waals surface area contributed by atoms with E-state index in [0.717, 1.165) is 39.1 Å². The van der Waals surface area contributed by atoms with Gasteiger partial charge in [0.05, 0.1) is 12.5 Å². The Labute approximate surface area is 97.3 Å². The smallest absolute Gasteiger partial charge is 0.228 e. The fourth-order valence-electron chi connectivity index (χ4n) is 2.66. The maximum absolute atomic E-state index is 12.3. The van der Waals surface area contributed by atoms with Crippen molar-refractivity contribution >= 4 is 5.91 Å². The molecule has 0 saturated carbocycles. The summed E-state index contributed by atoms with van der Waals surface area (Å²) in [6.07, 6.45) is 3.21. The van der Waals surface area contributed by atoms with Crippen LogP contribution in [-0.2, 0) is 9.53 Å². The van der Waals surface area contributed by atoms with E-state index in [1.54, 1.807) is 0 Å². The molecule has 2 fully saturated rings. The van der Waals surface area contributed by atoms with Crippen molar-refractivity contribution in [2.24, 2.45) is 5.92 Å². The summed E-state index contributed by atoms with van der Waals surface area (Å²) in [5.41, 5.74) is 0. The summed E-state index contributed by atoms with van der Waals surface area (Å²) in [6.45, 7) is 6.30. The Morgan fingerprint density at radius 1 is 1.50 bits per heavy atom. The second kappa shape index (κ2) is 5.64. The second-order valence-corrected chi connectivity index (χ2v) is 4.68. The number of nitrogens with one attached hydrogen (secondary N) is 1. The van der Waals surface area contributed by atoms with Crippen molar-refractivity contribution in [1.29, 1.82) is 0 Å². The summed E-state index contributed by atoms with van der Waals surface area (Å²) >= 11 is 0. The zero-order valence-corrected chi connectivity index (χ0v) is 10.1. The first-order valence-electron chi connectivity index (χ1n) is 6.42. The van der Waals surface area contributed by atoms with Crippen LogP contribution in [0.2, 0.25) is 0 Å². The molecule has 1 amide bonds. The highest BCUT2D eigenvalue weighted by Crippen LogP contribution is 2.19. The molecule has 2 atom stereocenters. The predicted octanol–water partition coefficient (Wildman–Crippen LogP) is 0.623. The first kappa shape index (κ1) is 11.9. The molecule has 0 aromatic rings. The van der Waals surface area contributed by atoms with Gasteiger partial charge in [-0.15, -0.1) is 0 Å². The molecular weight excluding hydrogens is 204 g/mol. The standard InChI is InChI=1S/C12H22N2O2/c1-2-14(11-4-3-6-13-8-11)12(15)10-5-7-16-9-10/h10-11,13H,2-9H2,1H3. The number of carbonyl (C=O) groups excluding carboxylic acids is 1. The molecule has 0 aromatic carbocycles. The number of likely N-dealkylation sites (N-methyl/N-ethyl adjacent to an activating group) is 1. The number of piperidine rings is 1. The van der Waals surface area contributed by atoms with Gasteiger partial charge in [-0.2, -0.15) is 0 Å². The highest BCUT2D eigenvalue weighted by Gasteiger charge is 2.31. The summed E-state index contributed by atoms with van der Waals surface area (Å²) < 4.78 is 5.30. The first-order valence-corrected chi connectivity index (χ1v) is 6.42. The lowest BCUT2D eigenvalue weighted by atomic mass is 10.0. The largest absolute Gasteiger partial charge is 0.381 e. The van der Waals surface area contributed by atoms with Gasteiger partial charge in [0.2, 0.25) is 5.91 Å². The van der Waals surface area contributed by atoms with Crippen LogP contribution < -0.4 is 5.32 Å². The predicted molar refractivity (Wildman–Crippen MR) is 62.2 cm³/mol. The van der Waals surface area contributed by atoms with Gasteiger partial charge in [0.25, 0.3) is 0 Å². The van der Waals surface area contributed by atoms with Crippen LogP contribution in [0.1, 0.15) is 26.2 Å². The maximum atomic E-state index is 12.3. The molecule has 0 aliphatic carbocycles. The van der Waals surface area contributed by atoms with Crippen LogP contribution in [0.4, 0.5) is 0 Å². The van der Waals surface area contributed by atoms with Crippen LogP contribution in [0, 0.1) is 5.92 Å². The van der Waals surface area contributed by atoms with Crippen molar-refractivity contribution in [3.8, 4) is 0 Å². The van der Waals surface area contributed by atoms with E-state index < -0.39 is 0 Å². The minimum absolute atomic E-state index is 0.113. The monoisotopic (exact) mass is 226 g/mol. The lowest BCUT2D eigenvalue weighted by Gasteiger charge is -2.35. The zero-order valence-electron chi connectivity index (χ0n) is 10.1. The average Bonchev–Trinajstić information content (AvgIpc) is 2.85.